The maximum Gasteiger partial charge on any atom is 0.0210 e. The largest absolute Gasteiger partial charge is 0.0584 e. The van der Waals surface area contributed by atoms with Crippen LogP contribution in [-0.2, 0) is 6.42 Å². The van der Waals surface area contributed by atoms with Gasteiger partial charge in [0, 0.05) is 4.47 Å². The topological polar surface area (TPSA) is 0 Å². The van der Waals surface area contributed by atoms with Gasteiger partial charge in [-0.2, -0.15) is 0 Å². The van der Waals surface area contributed by atoms with Gasteiger partial charge in [0.2, 0.25) is 0 Å². The fourth-order valence-electron chi connectivity index (χ4n) is 3.96. The molecule has 0 unspecified atom stereocenters. The summed E-state index contributed by atoms with van der Waals surface area (Å²) >= 11 is 3.65. The van der Waals surface area contributed by atoms with Crippen LogP contribution in [0.4, 0.5) is 0 Å². The van der Waals surface area contributed by atoms with Gasteiger partial charge in [-0.15, -0.1) is 0 Å². The SMILES string of the molecule is Cc1c(Br)ccc2c1ccc1c3c(ccc12)CCC[C@H]3C. The first-order valence-electron chi connectivity index (χ1n) is 7.80. The number of fused-ring (bicyclic) bond motifs is 5. The lowest BCUT2D eigenvalue weighted by atomic mass is 9.80. The van der Waals surface area contributed by atoms with Gasteiger partial charge in [0.15, 0.2) is 0 Å². The Kier molecular flexibility index (Phi) is 3.08. The van der Waals surface area contributed by atoms with Crippen LogP contribution in [-0.4, -0.2) is 0 Å². The van der Waals surface area contributed by atoms with E-state index in [1.807, 2.05) is 0 Å². The first-order chi connectivity index (χ1) is 10.2. The van der Waals surface area contributed by atoms with Crippen LogP contribution in [0.15, 0.2) is 40.9 Å². The molecular weight excluding hydrogens is 320 g/mol. The van der Waals surface area contributed by atoms with Crippen LogP contribution >= 0.6 is 15.9 Å². The van der Waals surface area contributed by atoms with E-state index in [1.54, 1.807) is 11.1 Å². The highest BCUT2D eigenvalue weighted by Gasteiger charge is 2.19. The van der Waals surface area contributed by atoms with Gasteiger partial charge in [0.05, 0.1) is 0 Å². The summed E-state index contributed by atoms with van der Waals surface area (Å²) in [4.78, 5) is 0. The summed E-state index contributed by atoms with van der Waals surface area (Å²) in [6, 6.07) is 13.8. The third kappa shape index (κ3) is 1.94. The molecule has 21 heavy (non-hydrogen) atoms. The van der Waals surface area contributed by atoms with E-state index in [9.17, 15) is 0 Å². The molecular formula is C20H19Br. The molecule has 0 amide bonds. The van der Waals surface area contributed by atoms with Crippen molar-refractivity contribution in [2.75, 3.05) is 0 Å². The van der Waals surface area contributed by atoms with Crippen LogP contribution in [0.3, 0.4) is 0 Å². The Balaban J connectivity index is 2.14. The van der Waals surface area contributed by atoms with Crippen LogP contribution in [0, 0.1) is 6.92 Å². The molecule has 0 radical (unpaired) electrons. The maximum absolute atomic E-state index is 3.65. The molecule has 3 aromatic rings. The summed E-state index contributed by atoms with van der Waals surface area (Å²) in [5.41, 5.74) is 4.50. The molecule has 0 fully saturated rings. The number of hydrogen-bond donors (Lipinski definition) is 0. The summed E-state index contributed by atoms with van der Waals surface area (Å²) in [5, 5.41) is 5.62. The Labute approximate surface area is 134 Å². The summed E-state index contributed by atoms with van der Waals surface area (Å²) in [5.74, 6) is 0.687. The third-order valence-corrected chi connectivity index (χ3v) is 5.97. The van der Waals surface area contributed by atoms with E-state index in [0.29, 0.717) is 5.92 Å². The van der Waals surface area contributed by atoms with Crippen molar-refractivity contribution >= 4 is 37.5 Å². The molecule has 4 rings (SSSR count). The zero-order valence-corrected chi connectivity index (χ0v) is 14.1. The van der Waals surface area contributed by atoms with Crippen LogP contribution in [0.25, 0.3) is 21.5 Å². The van der Waals surface area contributed by atoms with Gasteiger partial charge < -0.3 is 0 Å². The molecule has 0 heterocycles. The summed E-state index contributed by atoms with van der Waals surface area (Å²) in [6.45, 7) is 4.58. The van der Waals surface area contributed by atoms with Gasteiger partial charge in [-0.1, -0.05) is 53.2 Å². The van der Waals surface area contributed by atoms with Crippen molar-refractivity contribution in [3.05, 3.63) is 57.6 Å². The van der Waals surface area contributed by atoms with Crippen LogP contribution in [0.1, 0.15) is 42.4 Å². The number of rotatable bonds is 0. The number of benzene rings is 3. The lowest BCUT2D eigenvalue weighted by Crippen LogP contribution is -2.07. The second-order valence-corrected chi connectivity index (χ2v) is 7.21. The highest BCUT2D eigenvalue weighted by molar-refractivity contribution is 9.10. The lowest BCUT2D eigenvalue weighted by Gasteiger charge is -2.24. The molecule has 1 aliphatic rings. The molecule has 0 nitrogen and oxygen atoms in total. The van der Waals surface area contributed by atoms with E-state index in [1.165, 1.54) is 50.8 Å². The van der Waals surface area contributed by atoms with Gasteiger partial charge in [-0.3, -0.25) is 0 Å². The Hall–Kier alpha value is -1.34. The molecule has 106 valence electrons. The van der Waals surface area contributed by atoms with Crippen molar-refractivity contribution in [2.45, 2.75) is 39.0 Å². The van der Waals surface area contributed by atoms with Gasteiger partial charge in [-0.05, 0) is 76.4 Å². The zero-order valence-electron chi connectivity index (χ0n) is 12.5. The molecule has 0 saturated carbocycles. The van der Waals surface area contributed by atoms with Gasteiger partial charge in [0.1, 0.15) is 0 Å². The summed E-state index contributed by atoms with van der Waals surface area (Å²) in [6.07, 6.45) is 3.90. The van der Waals surface area contributed by atoms with Gasteiger partial charge >= 0.3 is 0 Å². The fourth-order valence-corrected chi connectivity index (χ4v) is 4.30. The molecule has 0 aromatic heterocycles. The van der Waals surface area contributed by atoms with Crippen molar-refractivity contribution in [2.24, 2.45) is 0 Å². The summed E-state index contributed by atoms with van der Waals surface area (Å²) in [7, 11) is 0. The lowest BCUT2D eigenvalue weighted by molar-refractivity contribution is 0.595. The normalized spacial score (nSPS) is 18.1. The monoisotopic (exact) mass is 338 g/mol. The van der Waals surface area contributed by atoms with Crippen molar-refractivity contribution in [3.63, 3.8) is 0 Å². The number of halogens is 1. The molecule has 0 saturated heterocycles. The highest BCUT2D eigenvalue weighted by atomic mass is 79.9. The van der Waals surface area contributed by atoms with Crippen molar-refractivity contribution in [1.82, 2.24) is 0 Å². The predicted octanol–water partition coefficient (Wildman–Crippen LogP) is 6.50. The average molecular weight is 339 g/mol. The van der Waals surface area contributed by atoms with Crippen molar-refractivity contribution in [1.29, 1.82) is 0 Å². The Morgan fingerprint density at radius 3 is 2.43 bits per heavy atom. The third-order valence-electron chi connectivity index (χ3n) is 5.11. The highest BCUT2D eigenvalue weighted by Crippen LogP contribution is 2.39. The van der Waals surface area contributed by atoms with E-state index >= 15 is 0 Å². The molecule has 0 N–H and O–H groups in total. The molecule has 3 aromatic carbocycles. The van der Waals surface area contributed by atoms with Crippen molar-refractivity contribution in [3.8, 4) is 0 Å². The second kappa shape index (κ2) is 4.84. The average Bonchev–Trinajstić information content (AvgIpc) is 2.50. The minimum atomic E-state index is 0.687. The summed E-state index contributed by atoms with van der Waals surface area (Å²) < 4.78 is 1.20. The van der Waals surface area contributed by atoms with Crippen molar-refractivity contribution < 1.29 is 0 Å². The first-order valence-corrected chi connectivity index (χ1v) is 8.59. The van der Waals surface area contributed by atoms with E-state index in [2.05, 4.69) is 66.2 Å². The van der Waals surface area contributed by atoms with E-state index in [-0.39, 0.29) is 0 Å². The molecule has 0 bridgehead atoms. The maximum atomic E-state index is 3.65. The van der Waals surface area contributed by atoms with Crippen LogP contribution < -0.4 is 0 Å². The quantitative estimate of drug-likeness (QED) is 0.410. The standard InChI is InChI=1S/C20H19Br/c1-12-4-3-5-14-6-7-17-16-10-11-19(21)13(2)15(16)8-9-18(17)20(12)14/h6-12H,3-5H2,1-2H3/t12-/m1/s1. The Morgan fingerprint density at radius 1 is 0.905 bits per heavy atom. The van der Waals surface area contributed by atoms with E-state index < -0.39 is 0 Å². The van der Waals surface area contributed by atoms with Gasteiger partial charge in [-0.25, -0.2) is 0 Å². The number of aryl methyl sites for hydroxylation is 2. The number of hydrogen-bond acceptors (Lipinski definition) is 0. The van der Waals surface area contributed by atoms with Crippen LogP contribution in [0.5, 0.6) is 0 Å². The molecule has 1 heteroatoms. The molecule has 1 atom stereocenters. The van der Waals surface area contributed by atoms with E-state index in [4.69, 9.17) is 0 Å². The van der Waals surface area contributed by atoms with E-state index in [0.717, 1.165) is 0 Å². The predicted molar refractivity (Wildman–Crippen MR) is 95.2 cm³/mol. The minimum absolute atomic E-state index is 0.687. The Morgan fingerprint density at radius 2 is 1.57 bits per heavy atom. The first kappa shape index (κ1) is 13.3. The molecule has 0 aliphatic heterocycles. The second-order valence-electron chi connectivity index (χ2n) is 6.36. The van der Waals surface area contributed by atoms with Crippen LogP contribution in [0.2, 0.25) is 0 Å². The fraction of sp³-hybridized carbons (Fsp3) is 0.300. The van der Waals surface area contributed by atoms with Gasteiger partial charge in [0.25, 0.3) is 0 Å². The smallest absolute Gasteiger partial charge is 0.0210 e. The minimum Gasteiger partial charge on any atom is -0.0584 e. The molecule has 0 spiro atoms. The molecule has 1 aliphatic carbocycles. The zero-order chi connectivity index (χ0) is 14.6. The Bertz CT molecular complexity index is 861.